The zero-order valence-electron chi connectivity index (χ0n) is 10.8. The summed E-state index contributed by atoms with van der Waals surface area (Å²) in [6.45, 7) is 6.16. The summed E-state index contributed by atoms with van der Waals surface area (Å²) in [6.07, 6.45) is 1.15. The van der Waals surface area contributed by atoms with Crippen molar-refractivity contribution in [3.8, 4) is 0 Å². The maximum atomic E-state index is 11.3. The summed E-state index contributed by atoms with van der Waals surface area (Å²) in [5.41, 5.74) is 2.15. The van der Waals surface area contributed by atoms with Crippen molar-refractivity contribution >= 4 is 11.7 Å². The summed E-state index contributed by atoms with van der Waals surface area (Å²) in [5, 5.41) is 9.29. The van der Waals surface area contributed by atoms with Crippen molar-refractivity contribution in [3.05, 3.63) is 29.3 Å². The van der Waals surface area contributed by atoms with E-state index in [0.717, 1.165) is 30.8 Å². The zero-order valence-corrected chi connectivity index (χ0v) is 10.8. The van der Waals surface area contributed by atoms with Crippen LogP contribution in [-0.2, 0) is 4.74 Å². The lowest BCUT2D eigenvalue weighted by Crippen LogP contribution is -2.42. The molecule has 0 saturated carbocycles. The Morgan fingerprint density at radius 2 is 2.33 bits per heavy atom. The largest absolute Gasteiger partial charge is 0.478 e. The van der Waals surface area contributed by atoms with Crippen LogP contribution in [0.4, 0.5) is 5.69 Å². The van der Waals surface area contributed by atoms with Crippen LogP contribution in [0, 0.1) is 6.92 Å². The predicted molar refractivity (Wildman–Crippen MR) is 70.4 cm³/mol. The molecule has 0 spiro atoms. The highest BCUT2D eigenvalue weighted by Gasteiger charge is 2.22. The molecule has 1 saturated heterocycles. The molecule has 18 heavy (non-hydrogen) atoms. The van der Waals surface area contributed by atoms with Crippen molar-refractivity contribution in [2.24, 2.45) is 0 Å². The topological polar surface area (TPSA) is 49.8 Å². The highest BCUT2D eigenvalue weighted by molar-refractivity contribution is 5.94. The van der Waals surface area contributed by atoms with Gasteiger partial charge in [-0.3, -0.25) is 0 Å². The molecular weight excluding hydrogens is 230 g/mol. The minimum Gasteiger partial charge on any atom is -0.478 e. The van der Waals surface area contributed by atoms with Crippen molar-refractivity contribution in [2.45, 2.75) is 26.4 Å². The van der Waals surface area contributed by atoms with E-state index in [1.54, 1.807) is 6.07 Å². The van der Waals surface area contributed by atoms with Crippen LogP contribution in [0.5, 0.6) is 0 Å². The Hall–Kier alpha value is -1.55. The molecule has 1 aromatic rings. The summed E-state index contributed by atoms with van der Waals surface area (Å²) in [4.78, 5) is 13.4. The lowest BCUT2D eigenvalue weighted by Gasteiger charge is -2.34. The fraction of sp³-hybridized carbons (Fsp3) is 0.500. The van der Waals surface area contributed by atoms with E-state index in [-0.39, 0.29) is 6.10 Å². The Balaban J connectivity index is 2.29. The Labute approximate surface area is 107 Å². The number of ether oxygens (including phenoxy) is 1. The minimum atomic E-state index is -0.867. The number of hydrogen-bond donors (Lipinski definition) is 1. The molecule has 1 fully saturated rings. The number of morpholine rings is 1. The summed E-state index contributed by atoms with van der Waals surface area (Å²) in [7, 11) is 0. The second-order valence-electron chi connectivity index (χ2n) is 4.67. The van der Waals surface area contributed by atoms with Gasteiger partial charge in [0.2, 0.25) is 0 Å². The first kappa shape index (κ1) is 12.9. The fourth-order valence-electron chi connectivity index (χ4n) is 2.28. The van der Waals surface area contributed by atoms with Gasteiger partial charge in [0.15, 0.2) is 0 Å². The van der Waals surface area contributed by atoms with Crippen LogP contribution >= 0.6 is 0 Å². The van der Waals surface area contributed by atoms with E-state index in [4.69, 9.17) is 4.74 Å². The van der Waals surface area contributed by atoms with Gasteiger partial charge in [0, 0.05) is 13.1 Å². The van der Waals surface area contributed by atoms with E-state index < -0.39 is 5.97 Å². The van der Waals surface area contributed by atoms with Crippen molar-refractivity contribution in [3.63, 3.8) is 0 Å². The van der Waals surface area contributed by atoms with Gasteiger partial charge in [0.25, 0.3) is 0 Å². The second-order valence-corrected chi connectivity index (χ2v) is 4.67. The molecule has 0 aromatic heterocycles. The Morgan fingerprint density at radius 3 is 3.00 bits per heavy atom. The molecule has 4 heteroatoms. The van der Waals surface area contributed by atoms with E-state index >= 15 is 0 Å². The van der Waals surface area contributed by atoms with Gasteiger partial charge in [-0.25, -0.2) is 4.79 Å². The van der Waals surface area contributed by atoms with Gasteiger partial charge in [0.1, 0.15) is 0 Å². The molecule has 98 valence electrons. The van der Waals surface area contributed by atoms with Crippen LogP contribution in [0.3, 0.4) is 0 Å². The number of nitrogens with zero attached hydrogens (tertiary/aromatic N) is 1. The average Bonchev–Trinajstić information content (AvgIpc) is 2.38. The number of carboxylic acids is 1. The van der Waals surface area contributed by atoms with E-state index in [0.29, 0.717) is 12.2 Å². The molecule has 1 aromatic carbocycles. The molecule has 0 amide bonds. The molecule has 1 heterocycles. The van der Waals surface area contributed by atoms with Gasteiger partial charge < -0.3 is 14.7 Å². The molecule has 2 rings (SSSR count). The Kier molecular flexibility index (Phi) is 3.87. The second kappa shape index (κ2) is 5.40. The average molecular weight is 249 g/mol. The third-order valence-electron chi connectivity index (χ3n) is 3.32. The quantitative estimate of drug-likeness (QED) is 0.893. The number of aryl methyl sites for hydroxylation is 1. The minimum absolute atomic E-state index is 0.196. The summed E-state index contributed by atoms with van der Waals surface area (Å²) < 4.78 is 5.61. The van der Waals surface area contributed by atoms with Crippen molar-refractivity contribution in [1.29, 1.82) is 0 Å². The third kappa shape index (κ3) is 2.64. The molecule has 1 unspecified atom stereocenters. The van der Waals surface area contributed by atoms with E-state index in [2.05, 4.69) is 11.8 Å². The molecule has 1 atom stereocenters. The van der Waals surface area contributed by atoms with Crippen LogP contribution in [0.15, 0.2) is 18.2 Å². The number of rotatable bonds is 3. The smallest absolute Gasteiger partial charge is 0.337 e. The van der Waals surface area contributed by atoms with Gasteiger partial charge >= 0.3 is 5.97 Å². The van der Waals surface area contributed by atoms with Gasteiger partial charge in [-0.1, -0.05) is 18.6 Å². The van der Waals surface area contributed by atoms with Crippen molar-refractivity contribution in [1.82, 2.24) is 0 Å². The lowest BCUT2D eigenvalue weighted by molar-refractivity contribution is 0.0382. The summed E-state index contributed by atoms with van der Waals surface area (Å²) in [6, 6.07) is 5.59. The lowest BCUT2D eigenvalue weighted by atomic mass is 10.1. The number of carboxylic acid groups (broad SMARTS) is 1. The first-order valence-corrected chi connectivity index (χ1v) is 6.32. The number of hydrogen-bond acceptors (Lipinski definition) is 3. The van der Waals surface area contributed by atoms with E-state index in [1.807, 2.05) is 19.1 Å². The number of aromatic carboxylic acids is 1. The Morgan fingerprint density at radius 1 is 1.56 bits per heavy atom. The normalized spacial score (nSPS) is 19.9. The van der Waals surface area contributed by atoms with Gasteiger partial charge in [-0.2, -0.15) is 0 Å². The number of benzene rings is 1. The van der Waals surface area contributed by atoms with Crippen LogP contribution in [0.25, 0.3) is 0 Å². The van der Waals surface area contributed by atoms with Gasteiger partial charge in [-0.05, 0) is 25.5 Å². The molecule has 1 N–H and O–H groups in total. The van der Waals surface area contributed by atoms with Crippen LogP contribution in [-0.4, -0.2) is 36.9 Å². The van der Waals surface area contributed by atoms with Gasteiger partial charge in [-0.15, -0.1) is 0 Å². The summed E-state index contributed by atoms with van der Waals surface area (Å²) in [5.74, 6) is -0.867. The predicted octanol–water partition coefficient (Wildman–Crippen LogP) is 2.31. The molecule has 4 nitrogen and oxygen atoms in total. The molecule has 1 aliphatic rings. The fourth-order valence-corrected chi connectivity index (χ4v) is 2.28. The van der Waals surface area contributed by atoms with E-state index in [1.165, 1.54) is 0 Å². The Bertz CT molecular complexity index is 445. The van der Waals surface area contributed by atoms with E-state index in [9.17, 15) is 9.90 Å². The van der Waals surface area contributed by atoms with Crippen molar-refractivity contribution < 1.29 is 14.6 Å². The first-order chi connectivity index (χ1) is 8.61. The third-order valence-corrected chi connectivity index (χ3v) is 3.32. The van der Waals surface area contributed by atoms with Crippen molar-refractivity contribution in [2.75, 3.05) is 24.6 Å². The molecule has 0 radical (unpaired) electrons. The monoisotopic (exact) mass is 249 g/mol. The van der Waals surface area contributed by atoms with Crippen LogP contribution in [0.1, 0.15) is 29.3 Å². The van der Waals surface area contributed by atoms with Crippen LogP contribution < -0.4 is 4.90 Å². The standard InChI is InChI=1S/C14H19NO3/c1-3-11-9-15(6-7-18-11)13-5-4-10(2)8-12(13)14(16)17/h4-5,8,11H,3,6-7,9H2,1-2H3,(H,16,17). The zero-order chi connectivity index (χ0) is 13.1. The highest BCUT2D eigenvalue weighted by atomic mass is 16.5. The van der Waals surface area contributed by atoms with Crippen LogP contribution in [0.2, 0.25) is 0 Å². The number of anilines is 1. The van der Waals surface area contributed by atoms with Gasteiger partial charge in [0.05, 0.1) is 24.0 Å². The maximum absolute atomic E-state index is 11.3. The molecular formula is C14H19NO3. The SMILES string of the molecule is CCC1CN(c2ccc(C)cc2C(=O)O)CCO1. The highest BCUT2D eigenvalue weighted by Crippen LogP contribution is 2.24. The molecule has 1 aliphatic heterocycles. The number of carbonyl (C=O) groups is 1. The molecule has 0 bridgehead atoms. The molecule has 0 aliphatic carbocycles. The maximum Gasteiger partial charge on any atom is 0.337 e. The summed E-state index contributed by atoms with van der Waals surface area (Å²) >= 11 is 0. The first-order valence-electron chi connectivity index (χ1n) is 6.32.